The van der Waals surface area contributed by atoms with Crippen LogP contribution in [0, 0.1) is 5.92 Å². The van der Waals surface area contributed by atoms with E-state index in [1.165, 1.54) is 11.3 Å². The van der Waals surface area contributed by atoms with Crippen LogP contribution < -0.4 is 0 Å². The fraction of sp³-hybridized carbons (Fsp3) is 0.444. The Bertz CT molecular complexity index is 292. The van der Waals surface area contributed by atoms with E-state index < -0.39 is 5.97 Å². The molecule has 1 N–H and O–H groups in total. The fourth-order valence-corrected chi connectivity index (χ4v) is 2.71. The number of carboxylic acids is 1. The van der Waals surface area contributed by atoms with Crippen LogP contribution in [0.3, 0.4) is 0 Å². The summed E-state index contributed by atoms with van der Waals surface area (Å²) in [5.74, 6) is 0.848. The molecule has 0 bridgehead atoms. The van der Waals surface area contributed by atoms with Crippen molar-refractivity contribution in [2.75, 3.05) is 5.75 Å². The van der Waals surface area contributed by atoms with Gasteiger partial charge in [-0.15, -0.1) is 23.1 Å². The van der Waals surface area contributed by atoms with Gasteiger partial charge in [0.1, 0.15) is 4.88 Å². The molecule has 0 aliphatic carbocycles. The zero-order valence-electron chi connectivity index (χ0n) is 7.61. The second kappa shape index (κ2) is 4.67. The highest BCUT2D eigenvalue weighted by atomic mass is 32.2. The molecule has 0 amide bonds. The van der Waals surface area contributed by atoms with E-state index in [2.05, 4.69) is 13.8 Å². The van der Waals surface area contributed by atoms with E-state index in [4.69, 9.17) is 5.11 Å². The summed E-state index contributed by atoms with van der Waals surface area (Å²) >= 11 is 3.07. The minimum atomic E-state index is -0.832. The van der Waals surface area contributed by atoms with Gasteiger partial charge in [-0.3, -0.25) is 0 Å². The largest absolute Gasteiger partial charge is 0.477 e. The molecule has 0 unspecified atom stereocenters. The SMILES string of the molecule is CC(C)CSc1ccc(C(=O)O)s1. The van der Waals surface area contributed by atoms with Crippen LogP contribution >= 0.6 is 23.1 Å². The number of carboxylic acid groups (broad SMARTS) is 1. The number of aromatic carboxylic acids is 1. The van der Waals surface area contributed by atoms with E-state index in [0.717, 1.165) is 9.96 Å². The molecule has 0 spiro atoms. The Balaban J connectivity index is 2.54. The lowest BCUT2D eigenvalue weighted by atomic mass is 10.3. The zero-order valence-corrected chi connectivity index (χ0v) is 9.24. The van der Waals surface area contributed by atoms with Gasteiger partial charge in [0.25, 0.3) is 0 Å². The van der Waals surface area contributed by atoms with Crippen LogP contribution in [0.1, 0.15) is 23.5 Å². The summed E-state index contributed by atoms with van der Waals surface area (Å²) in [6, 6.07) is 3.54. The smallest absolute Gasteiger partial charge is 0.345 e. The van der Waals surface area contributed by atoms with Crippen LogP contribution in [0.5, 0.6) is 0 Å². The molecule has 0 saturated carbocycles. The van der Waals surface area contributed by atoms with Crippen molar-refractivity contribution in [2.45, 2.75) is 18.1 Å². The lowest BCUT2D eigenvalue weighted by molar-refractivity contribution is 0.0702. The standard InChI is InChI=1S/C9H12O2S2/c1-6(2)5-12-8-4-3-7(13-8)9(10)11/h3-4,6H,5H2,1-2H3,(H,10,11). The van der Waals surface area contributed by atoms with E-state index in [-0.39, 0.29) is 0 Å². The van der Waals surface area contributed by atoms with Gasteiger partial charge in [0.05, 0.1) is 4.21 Å². The zero-order chi connectivity index (χ0) is 9.84. The second-order valence-electron chi connectivity index (χ2n) is 3.13. The van der Waals surface area contributed by atoms with E-state index in [1.54, 1.807) is 17.8 Å². The van der Waals surface area contributed by atoms with Crippen LogP contribution in [0.2, 0.25) is 0 Å². The fourth-order valence-electron chi connectivity index (χ4n) is 0.761. The summed E-state index contributed by atoms with van der Waals surface area (Å²) in [5, 5.41) is 8.68. The van der Waals surface area contributed by atoms with Gasteiger partial charge in [-0.05, 0) is 18.1 Å². The van der Waals surface area contributed by atoms with Crippen molar-refractivity contribution in [3.8, 4) is 0 Å². The van der Waals surface area contributed by atoms with Gasteiger partial charge in [-0.2, -0.15) is 0 Å². The molecule has 72 valence electrons. The van der Waals surface area contributed by atoms with E-state index >= 15 is 0 Å². The summed E-state index contributed by atoms with van der Waals surface area (Å²) in [6.07, 6.45) is 0. The molecular formula is C9H12O2S2. The molecule has 0 aromatic carbocycles. The predicted octanol–water partition coefficient (Wildman–Crippen LogP) is 3.19. The van der Waals surface area contributed by atoms with E-state index in [9.17, 15) is 4.79 Å². The Morgan fingerprint density at radius 1 is 1.62 bits per heavy atom. The highest BCUT2D eigenvalue weighted by Gasteiger charge is 2.07. The maximum absolute atomic E-state index is 10.6. The van der Waals surface area contributed by atoms with Crippen molar-refractivity contribution in [2.24, 2.45) is 5.92 Å². The van der Waals surface area contributed by atoms with Crippen LogP contribution in [0.4, 0.5) is 0 Å². The second-order valence-corrected chi connectivity index (χ2v) is 5.53. The third kappa shape index (κ3) is 3.40. The molecule has 2 nitrogen and oxygen atoms in total. The predicted molar refractivity (Wildman–Crippen MR) is 56.8 cm³/mol. The Morgan fingerprint density at radius 2 is 2.31 bits per heavy atom. The highest BCUT2D eigenvalue weighted by molar-refractivity contribution is 8.01. The molecule has 1 heterocycles. The first-order chi connectivity index (χ1) is 6.09. The van der Waals surface area contributed by atoms with Gasteiger partial charge in [0.2, 0.25) is 0 Å². The van der Waals surface area contributed by atoms with Gasteiger partial charge < -0.3 is 5.11 Å². The lowest BCUT2D eigenvalue weighted by Gasteiger charge is -2.00. The Hall–Kier alpha value is -0.480. The van der Waals surface area contributed by atoms with Gasteiger partial charge in [0.15, 0.2) is 0 Å². The van der Waals surface area contributed by atoms with E-state index in [0.29, 0.717) is 10.8 Å². The molecule has 4 heteroatoms. The van der Waals surface area contributed by atoms with Crippen LogP contribution in [0.25, 0.3) is 0 Å². The first-order valence-electron chi connectivity index (χ1n) is 4.05. The molecule has 0 atom stereocenters. The van der Waals surface area contributed by atoms with Crippen LogP contribution in [0.15, 0.2) is 16.3 Å². The molecule has 0 fully saturated rings. The maximum Gasteiger partial charge on any atom is 0.345 e. The Labute approximate surface area is 86.0 Å². The normalized spacial score (nSPS) is 10.7. The first-order valence-corrected chi connectivity index (χ1v) is 5.85. The van der Waals surface area contributed by atoms with Gasteiger partial charge in [0, 0.05) is 5.75 Å². The van der Waals surface area contributed by atoms with Gasteiger partial charge in [-0.25, -0.2) is 4.79 Å². The summed E-state index contributed by atoms with van der Waals surface area (Å²) in [4.78, 5) is 11.0. The average Bonchev–Trinajstić information content (AvgIpc) is 2.48. The minimum absolute atomic E-state index is 0.422. The monoisotopic (exact) mass is 216 g/mol. The van der Waals surface area contributed by atoms with Crippen LogP contribution in [-0.2, 0) is 0 Å². The highest BCUT2D eigenvalue weighted by Crippen LogP contribution is 2.28. The van der Waals surface area contributed by atoms with E-state index in [1.807, 2.05) is 6.07 Å². The van der Waals surface area contributed by atoms with Gasteiger partial charge >= 0.3 is 5.97 Å². The van der Waals surface area contributed by atoms with Crippen LogP contribution in [-0.4, -0.2) is 16.8 Å². The van der Waals surface area contributed by atoms with Crippen molar-refractivity contribution < 1.29 is 9.90 Å². The van der Waals surface area contributed by atoms with Crippen molar-refractivity contribution in [3.05, 3.63) is 17.0 Å². The number of carbonyl (C=O) groups is 1. The minimum Gasteiger partial charge on any atom is -0.477 e. The Kier molecular flexibility index (Phi) is 3.81. The van der Waals surface area contributed by atoms with Gasteiger partial charge in [-0.1, -0.05) is 13.8 Å². The number of hydrogen-bond acceptors (Lipinski definition) is 3. The third-order valence-corrected chi connectivity index (χ3v) is 4.08. The molecule has 0 aliphatic heterocycles. The van der Waals surface area contributed by atoms with Crippen molar-refractivity contribution in [3.63, 3.8) is 0 Å². The molecule has 0 aliphatic rings. The molecule has 1 rings (SSSR count). The number of thioether (sulfide) groups is 1. The molecule has 1 aromatic rings. The van der Waals surface area contributed by atoms with Crippen molar-refractivity contribution in [1.29, 1.82) is 0 Å². The Morgan fingerprint density at radius 3 is 2.77 bits per heavy atom. The number of rotatable bonds is 4. The van der Waals surface area contributed by atoms with Crippen molar-refractivity contribution in [1.82, 2.24) is 0 Å². The topological polar surface area (TPSA) is 37.3 Å². The number of thiophene rings is 1. The number of hydrogen-bond donors (Lipinski definition) is 1. The third-order valence-electron chi connectivity index (χ3n) is 1.35. The molecular weight excluding hydrogens is 204 g/mol. The molecule has 1 aromatic heterocycles. The quantitative estimate of drug-likeness (QED) is 0.785. The van der Waals surface area contributed by atoms with Crippen molar-refractivity contribution >= 4 is 29.1 Å². The molecule has 0 radical (unpaired) electrons. The average molecular weight is 216 g/mol. The summed E-state index contributed by atoms with van der Waals surface area (Å²) in [5.41, 5.74) is 0. The molecule has 13 heavy (non-hydrogen) atoms. The summed E-state index contributed by atoms with van der Waals surface area (Å²) in [6.45, 7) is 4.30. The molecule has 0 saturated heterocycles. The summed E-state index contributed by atoms with van der Waals surface area (Å²) < 4.78 is 1.09. The lowest BCUT2D eigenvalue weighted by Crippen LogP contribution is -1.89. The first kappa shape index (κ1) is 10.6. The maximum atomic E-state index is 10.6. The summed E-state index contributed by atoms with van der Waals surface area (Å²) in [7, 11) is 0.